The number of sulfonamides is 1. The Morgan fingerprint density at radius 2 is 1.75 bits per heavy atom. The van der Waals surface area contributed by atoms with Crippen LogP contribution in [0.15, 0.2) is 65.9 Å². The molecule has 3 rings (SSSR count). The van der Waals surface area contributed by atoms with E-state index in [-0.39, 0.29) is 36.0 Å². The van der Waals surface area contributed by atoms with Gasteiger partial charge in [-0.3, -0.25) is 0 Å². The van der Waals surface area contributed by atoms with Gasteiger partial charge in [-0.1, -0.05) is 6.08 Å². The largest absolute Gasteiger partial charge is 0.454 e. The Bertz CT molecular complexity index is 1170. The van der Waals surface area contributed by atoms with Gasteiger partial charge in [0.05, 0.1) is 0 Å². The predicted molar refractivity (Wildman–Crippen MR) is 110 cm³/mol. The lowest BCUT2D eigenvalue weighted by molar-refractivity contribution is -0.106. The molecule has 11 heteroatoms. The molecule has 0 bridgehead atoms. The van der Waals surface area contributed by atoms with E-state index in [1.165, 1.54) is 37.3 Å². The Labute approximate surface area is 181 Å². The van der Waals surface area contributed by atoms with Gasteiger partial charge in [-0.2, -0.15) is 25.5 Å². The smallest absolute Gasteiger partial charge is 0.408 e. The molecule has 0 spiro atoms. The molecule has 0 saturated carbocycles. The van der Waals surface area contributed by atoms with Gasteiger partial charge in [-0.25, -0.2) is 8.78 Å². The van der Waals surface area contributed by atoms with Crippen molar-refractivity contribution in [2.45, 2.75) is 13.1 Å². The molecule has 2 aromatic rings. The topological polar surface area (TPSA) is 69.4 Å². The van der Waals surface area contributed by atoms with Crippen molar-refractivity contribution < 1.29 is 35.1 Å². The van der Waals surface area contributed by atoms with Gasteiger partial charge in [0.2, 0.25) is 0 Å². The first-order valence-electron chi connectivity index (χ1n) is 9.38. The van der Waals surface area contributed by atoms with Gasteiger partial charge in [0.1, 0.15) is 23.8 Å². The third kappa shape index (κ3) is 4.54. The molecule has 0 amide bonds. The molecule has 2 aromatic carbocycles. The summed E-state index contributed by atoms with van der Waals surface area (Å²) < 4.78 is 96.7. The average molecular weight is 475 g/mol. The van der Waals surface area contributed by atoms with E-state index in [0.29, 0.717) is 11.6 Å². The van der Waals surface area contributed by atoms with E-state index in [9.17, 15) is 30.4 Å². The van der Waals surface area contributed by atoms with Gasteiger partial charge >= 0.3 is 16.2 Å². The highest BCUT2D eigenvalue weighted by Gasteiger charge is 2.52. The second kappa shape index (κ2) is 8.64. The van der Waals surface area contributed by atoms with Gasteiger partial charge in [-0.05, 0) is 30.3 Å². The number of ether oxygens (including phenoxy) is 1. The zero-order chi connectivity index (χ0) is 23.7. The summed E-state index contributed by atoms with van der Waals surface area (Å²) in [5.74, 6) is -3.95. The number of benzene rings is 2. The van der Waals surface area contributed by atoms with Gasteiger partial charge in [-0.15, -0.1) is 0 Å². The van der Waals surface area contributed by atoms with Gasteiger partial charge in [0.25, 0.3) is 0 Å². The van der Waals surface area contributed by atoms with E-state index in [2.05, 4.69) is 0 Å². The maximum Gasteiger partial charge on any atom is 0.408 e. The molecule has 0 fully saturated rings. The van der Waals surface area contributed by atoms with E-state index in [0.717, 1.165) is 12.1 Å². The van der Waals surface area contributed by atoms with Crippen LogP contribution in [0.2, 0.25) is 0 Å². The molecule has 0 aliphatic carbocycles. The van der Waals surface area contributed by atoms with Crippen molar-refractivity contribution in [3.05, 3.63) is 77.5 Å². The molecule has 0 aromatic heterocycles. The number of allylic oxidation sites excluding steroid dienone is 1. The third-order valence-electron chi connectivity index (χ3n) is 5.10. The zero-order valence-corrected chi connectivity index (χ0v) is 17.7. The Kier molecular flexibility index (Phi) is 6.45. The molecule has 1 aliphatic heterocycles. The summed E-state index contributed by atoms with van der Waals surface area (Å²) in [6.07, 6.45) is -1.90. The van der Waals surface area contributed by atoms with Crippen LogP contribution in [0.5, 0.6) is 11.5 Å². The van der Waals surface area contributed by atoms with Gasteiger partial charge in [0, 0.05) is 37.2 Å². The van der Waals surface area contributed by atoms with Crippen LogP contribution in [0.1, 0.15) is 6.92 Å². The van der Waals surface area contributed by atoms with E-state index in [1.807, 2.05) is 0 Å². The molecule has 1 atom stereocenters. The van der Waals surface area contributed by atoms with Crippen molar-refractivity contribution in [1.82, 2.24) is 3.89 Å². The van der Waals surface area contributed by atoms with E-state index < -0.39 is 37.5 Å². The molecule has 1 unspecified atom stereocenters. The molecule has 172 valence electrons. The van der Waals surface area contributed by atoms with Crippen LogP contribution in [0.3, 0.4) is 0 Å². The lowest BCUT2D eigenvalue weighted by atomic mass is 10.1. The maximum atomic E-state index is 13.8. The molecule has 0 saturated heterocycles. The Balaban J connectivity index is 2.07. The fourth-order valence-corrected chi connectivity index (χ4v) is 5.51. The summed E-state index contributed by atoms with van der Waals surface area (Å²) >= 11 is 0. The highest BCUT2D eigenvalue weighted by molar-refractivity contribution is 7.91. The third-order valence-corrected chi connectivity index (χ3v) is 7.38. The number of rotatable bonds is 6. The first kappa shape index (κ1) is 23.9. The standard InChI is InChI=1S/C21H20F5N2O3S/c1-14-15(12-27)3-2-10-28(14,32(29,30)13-21(24,25)26)17-5-7-18(8-6-17)31-20-9-4-16(22)11-19(20)23/h2-9,11H,10,12-13,27H2,1H3/q+1. The first-order chi connectivity index (χ1) is 14.9. The van der Waals surface area contributed by atoms with Gasteiger partial charge in [0.15, 0.2) is 23.0 Å². The van der Waals surface area contributed by atoms with Crippen LogP contribution in [-0.4, -0.2) is 33.4 Å². The fraction of sp³-hybridized carbons (Fsp3) is 0.238. The van der Waals surface area contributed by atoms with Crippen molar-refractivity contribution in [2.75, 3.05) is 18.8 Å². The van der Waals surface area contributed by atoms with Gasteiger partial charge < -0.3 is 10.5 Å². The Morgan fingerprint density at radius 3 is 2.31 bits per heavy atom. The minimum Gasteiger partial charge on any atom is -0.454 e. The summed E-state index contributed by atoms with van der Waals surface area (Å²) in [7, 11) is -4.83. The number of quaternary nitrogens is 1. The highest BCUT2D eigenvalue weighted by atomic mass is 32.2. The zero-order valence-electron chi connectivity index (χ0n) is 16.9. The second-order valence-corrected chi connectivity index (χ2v) is 9.23. The molecule has 32 heavy (non-hydrogen) atoms. The Morgan fingerprint density at radius 1 is 1.09 bits per heavy atom. The minimum absolute atomic E-state index is 0.0361. The summed E-state index contributed by atoms with van der Waals surface area (Å²) in [6.45, 7) is 1.10. The van der Waals surface area contributed by atoms with Crippen molar-refractivity contribution in [2.24, 2.45) is 5.73 Å². The SMILES string of the molecule is CC1=C(CN)C=CC[N+]1(c1ccc(Oc2ccc(F)cc2F)cc1)S(=O)(=O)CC(F)(F)F. The molecule has 2 N–H and O–H groups in total. The maximum absolute atomic E-state index is 13.8. The minimum atomic E-state index is -4.95. The highest BCUT2D eigenvalue weighted by Crippen LogP contribution is 2.40. The summed E-state index contributed by atoms with van der Waals surface area (Å²) in [6, 6.07) is 7.90. The summed E-state index contributed by atoms with van der Waals surface area (Å²) in [5, 5.41) is 0. The molecule has 1 aliphatic rings. The second-order valence-electron chi connectivity index (χ2n) is 7.15. The number of alkyl halides is 3. The van der Waals surface area contributed by atoms with E-state index in [4.69, 9.17) is 10.5 Å². The van der Waals surface area contributed by atoms with Crippen molar-refractivity contribution in [1.29, 1.82) is 0 Å². The number of hydrogen-bond acceptors (Lipinski definition) is 4. The number of halogens is 5. The molecule has 0 radical (unpaired) electrons. The summed E-state index contributed by atoms with van der Waals surface area (Å²) in [5.41, 5.74) is 6.27. The lowest BCUT2D eigenvalue weighted by Gasteiger charge is -2.38. The molecular formula is C21H20F5N2O3S+. The normalized spacial score (nSPS) is 19.3. The van der Waals surface area contributed by atoms with Crippen LogP contribution >= 0.6 is 0 Å². The van der Waals surface area contributed by atoms with Crippen molar-refractivity contribution in [3.8, 4) is 11.5 Å². The van der Waals surface area contributed by atoms with Crippen molar-refractivity contribution in [3.63, 3.8) is 0 Å². The molecular weight excluding hydrogens is 455 g/mol. The number of nitrogens with zero attached hydrogens (tertiary/aromatic N) is 1. The molecule has 5 nitrogen and oxygen atoms in total. The van der Waals surface area contributed by atoms with E-state index in [1.54, 1.807) is 6.08 Å². The number of nitrogens with two attached hydrogens (primary N) is 1. The van der Waals surface area contributed by atoms with Crippen molar-refractivity contribution >= 4 is 15.7 Å². The quantitative estimate of drug-likeness (QED) is 0.483. The summed E-state index contributed by atoms with van der Waals surface area (Å²) in [4.78, 5) is 0. The van der Waals surface area contributed by atoms with Crippen LogP contribution in [0.4, 0.5) is 27.6 Å². The predicted octanol–water partition coefficient (Wildman–Crippen LogP) is 4.76. The van der Waals surface area contributed by atoms with Crippen LogP contribution in [0.25, 0.3) is 0 Å². The van der Waals surface area contributed by atoms with Crippen LogP contribution < -0.4 is 14.4 Å². The fourth-order valence-electron chi connectivity index (χ4n) is 3.59. The van der Waals surface area contributed by atoms with Crippen LogP contribution in [0, 0.1) is 11.6 Å². The first-order valence-corrected chi connectivity index (χ1v) is 11.0. The monoisotopic (exact) mass is 475 g/mol. The van der Waals surface area contributed by atoms with E-state index >= 15 is 0 Å². The molecule has 1 heterocycles. The Hall–Kier alpha value is -2.76. The average Bonchev–Trinajstić information content (AvgIpc) is 2.69. The van der Waals surface area contributed by atoms with Crippen LogP contribution in [-0.2, 0) is 10.0 Å². The lowest BCUT2D eigenvalue weighted by Crippen LogP contribution is -2.56. The number of hydrogen-bond donors (Lipinski definition) is 1.